The summed E-state index contributed by atoms with van der Waals surface area (Å²) in [5.41, 5.74) is 3.84. The zero-order chi connectivity index (χ0) is 44.2. The molecule has 0 saturated heterocycles. The van der Waals surface area contributed by atoms with Crippen molar-refractivity contribution in [2.45, 2.75) is 102 Å². The van der Waals surface area contributed by atoms with Crippen molar-refractivity contribution in [3.63, 3.8) is 0 Å². The van der Waals surface area contributed by atoms with Crippen LogP contribution in [0.2, 0.25) is 0 Å². The predicted molar refractivity (Wildman–Crippen MR) is 261 cm³/mol. The van der Waals surface area contributed by atoms with Crippen molar-refractivity contribution in [2.75, 3.05) is 27.4 Å². The zero-order valence-electron chi connectivity index (χ0n) is 38.2. The van der Waals surface area contributed by atoms with E-state index >= 15 is 0 Å². The van der Waals surface area contributed by atoms with E-state index in [0.29, 0.717) is 24.7 Å². The van der Waals surface area contributed by atoms with E-state index in [-0.39, 0.29) is 0 Å². The molecule has 6 aromatic rings. The molecule has 64 heavy (non-hydrogen) atoms. The summed E-state index contributed by atoms with van der Waals surface area (Å²) in [7, 11) is 3.43. The lowest BCUT2D eigenvalue weighted by Crippen LogP contribution is -2.35. The summed E-state index contributed by atoms with van der Waals surface area (Å²) < 4.78 is 39.3. The highest BCUT2D eigenvalue weighted by atomic mass is 16.5. The molecule has 8 rings (SSSR count). The summed E-state index contributed by atoms with van der Waals surface area (Å²) in [5.74, 6) is 4.53. The minimum atomic E-state index is -0.963. The van der Waals surface area contributed by atoms with E-state index in [2.05, 4.69) is 123 Å². The highest BCUT2D eigenvalue weighted by molar-refractivity contribution is 6.02. The van der Waals surface area contributed by atoms with Crippen LogP contribution in [0, 0.1) is 0 Å². The highest BCUT2D eigenvalue weighted by Gasteiger charge is 2.42. The molecule has 0 radical (unpaired) electrons. The molecule has 0 fully saturated rings. The molecule has 6 aromatic carbocycles. The van der Waals surface area contributed by atoms with Crippen LogP contribution in [-0.2, 0) is 11.2 Å². The van der Waals surface area contributed by atoms with Gasteiger partial charge in [0, 0.05) is 50.9 Å². The summed E-state index contributed by atoms with van der Waals surface area (Å²) in [4.78, 5) is 0. The van der Waals surface area contributed by atoms with Gasteiger partial charge in [0.2, 0.25) is 0 Å². The number of rotatable bonds is 22. The van der Waals surface area contributed by atoms with Crippen LogP contribution in [0.4, 0.5) is 0 Å². The third-order valence-corrected chi connectivity index (χ3v) is 12.8. The van der Waals surface area contributed by atoms with Crippen molar-refractivity contribution in [3.8, 4) is 34.5 Å². The van der Waals surface area contributed by atoms with Gasteiger partial charge in [-0.1, -0.05) is 151 Å². The Morgan fingerprint density at radius 3 is 1.30 bits per heavy atom. The van der Waals surface area contributed by atoms with Crippen LogP contribution in [0.15, 0.2) is 133 Å². The van der Waals surface area contributed by atoms with Crippen molar-refractivity contribution in [2.24, 2.45) is 0 Å². The first-order valence-electron chi connectivity index (χ1n) is 23.6. The second kappa shape index (κ2) is 21.0. The Kier molecular flexibility index (Phi) is 14.6. The van der Waals surface area contributed by atoms with Crippen LogP contribution < -0.4 is 28.4 Å². The maximum atomic E-state index is 7.30. The maximum absolute atomic E-state index is 7.30. The van der Waals surface area contributed by atoms with E-state index < -0.39 is 11.2 Å². The summed E-state index contributed by atoms with van der Waals surface area (Å²) in [6.07, 6.45) is 23.3. The fourth-order valence-electron chi connectivity index (χ4n) is 9.32. The van der Waals surface area contributed by atoms with Crippen LogP contribution in [0.5, 0.6) is 34.5 Å². The van der Waals surface area contributed by atoms with E-state index in [1.165, 1.54) is 64.2 Å². The zero-order valence-corrected chi connectivity index (χ0v) is 38.2. The predicted octanol–water partition coefficient (Wildman–Crippen LogP) is 15.0. The summed E-state index contributed by atoms with van der Waals surface area (Å²) in [6.45, 7) is 5.85. The minimum absolute atomic E-state index is 0.679. The standard InChI is InChI=1S/C58H64O6/c1-5-7-9-11-13-21-39-61-46-29-31-50(54(41-46)59-3)57(44-23-17-15-18-24-44)37-35-48-52(63-57)33-27-43-28-34-53-49(56(43)48)36-38-58(64-53,45-25-19-16-20-26-45)51-32-30-47(42-55(51)60-4)62-40-22-14-12-10-8-6-2/h15-20,23-38,41-42H,5-14,21-22,39-40H2,1-4H3. The maximum Gasteiger partial charge on any atom is 0.181 e. The molecule has 0 N–H and O–H groups in total. The first kappa shape index (κ1) is 44.5. The van der Waals surface area contributed by atoms with Gasteiger partial charge in [-0.2, -0.15) is 0 Å². The average Bonchev–Trinajstić information content (AvgIpc) is 3.35. The van der Waals surface area contributed by atoms with E-state index in [1.807, 2.05) is 36.4 Å². The van der Waals surface area contributed by atoms with Gasteiger partial charge in [0.1, 0.15) is 34.5 Å². The number of hydrogen-bond donors (Lipinski definition) is 0. The Bertz CT molecular complexity index is 2350. The van der Waals surface area contributed by atoms with E-state index in [4.69, 9.17) is 28.4 Å². The molecule has 0 aliphatic carbocycles. The quantitative estimate of drug-likeness (QED) is 0.0634. The molecule has 0 bridgehead atoms. The van der Waals surface area contributed by atoms with Crippen LogP contribution in [0.1, 0.15) is 124 Å². The smallest absolute Gasteiger partial charge is 0.181 e. The summed E-state index contributed by atoms with van der Waals surface area (Å²) in [5, 5.41) is 2.15. The average molecular weight is 857 g/mol. The fourth-order valence-corrected chi connectivity index (χ4v) is 9.32. The second-order valence-electron chi connectivity index (χ2n) is 17.1. The molecule has 0 aromatic heterocycles. The molecule has 0 saturated carbocycles. The van der Waals surface area contributed by atoms with Crippen LogP contribution >= 0.6 is 0 Å². The third-order valence-electron chi connectivity index (χ3n) is 12.8. The Labute approximate surface area is 380 Å². The molecular weight excluding hydrogens is 793 g/mol. The lowest BCUT2D eigenvalue weighted by molar-refractivity contribution is 0.156. The Morgan fingerprint density at radius 1 is 0.453 bits per heavy atom. The molecule has 0 spiro atoms. The minimum Gasteiger partial charge on any atom is -0.496 e. The Hall–Kier alpha value is -6.14. The van der Waals surface area contributed by atoms with Crippen molar-refractivity contribution >= 4 is 22.9 Å². The van der Waals surface area contributed by atoms with Gasteiger partial charge in [0.25, 0.3) is 0 Å². The fraction of sp³-hybridized carbons (Fsp3) is 0.345. The molecule has 2 unspecified atom stereocenters. The van der Waals surface area contributed by atoms with Crippen molar-refractivity contribution in [1.82, 2.24) is 0 Å². The molecule has 0 amide bonds. The van der Waals surface area contributed by atoms with Gasteiger partial charge in [-0.05, 0) is 78.9 Å². The summed E-state index contributed by atoms with van der Waals surface area (Å²) in [6, 6.07) is 41.4. The first-order valence-corrected chi connectivity index (χ1v) is 23.6. The van der Waals surface area contributed by atoms with Gasteiger partial charge in [-0.3, -0.25) is 0 Å². The van der Waals surface area contributed by atoms with Gasteiger partial charge in [-0.15, -0.1) is 0 Å². The van der Waals surface area contributed by atoms with E-state index in [1.54, 1.807) is 14.2 Å². The first-order chi connectivity index (χ1) is 31.5. The number of unbranched alkanes of at least 4 members (excludes halogenated alkanes) is 10. The molecule has 6 nitrogen and oxygen atoms in total. The highest BCUT2D eigenvalue weighted by Crippen LogP contribution is 2.51. The molecule has 2 heterocycles. The molecule has 2 aliphatic heterocycles. The van der Waals surface area contributed by atoms with Gasteiger partial charge < -0.3 is 28.4 Å². The lowest BCUT2D eigenvalue weighted by atomic mass is 9.81. The number of fused-ring (bicyclic) bond motifs is 5. The third kappa shape index (κ3) is 9.38. The van der Waals surface area contributed by atoms with Gasteiger partial charge in [-0.25, -0.2) is 0 Å². The van der Waals surface area contributed by atoms with Gasteiger partial charge in [0.15, 0.2) is 11.2 Å². The lowest BCUT2D eigenvalue weighted by Gasteiger charge is -2.38. The SMILES string of the molecule is CCCCCCCCOc1ccc(C2(c3ccccc3)C=Cc3c(ccc4ccc5c(c34)C=CC(c3ccccc3)(c3ccc(OCCCCCCCC)cc3OC)O5)O2)c(OC)c1. The van der Waals surface area contributed by atoms with Crippen molar-refractivity contribution in [3.05, 3.63) is 167 Å². The Balaban J connectivity index is 1.12. The molecule has 2 aliphatic rings. The molecular formula is C58H64O6. The van der Waals surface area contributed by atoms with Crippen molar-refractivity contribution < 1.29 is 28.4 Å². The second-order valence-corrected chi connectivity index (χ2v) is 17.1. The topological polar surface area (TPSA) is 55.4 Å². The Morgan fingerprint density at radius 2 is 0.875 bits per heavy atom. The number of ether oxygens (including phenoxy) is 6. The van der Waals surface area contributed by atoms with Crippen LogP contribution in [0.3, 0.4) is 0 Å². The number of methoxy groups -OCH3 is 2. The largest absolute Gasteiger partial charge is 0.496 e. The van der Waals surface area contributed by atoms with Crippen molar-refractivity contribution in [1.29, 1.82) is 0 Å². The molecule has 6 heteroatoms. The van der Waals surface area contributed by atoms with Gasteiger partial charge >= 0.3 is 0 Å². The van der Waals surface area contributed by atoms with Crippen LogP contribution in [0.25, 0.3) is 22.9 Å². The monoisotopic (exact) mass is 856 g/mol. The number of hydrogen-bond acceptors (Lipinski definition) is 6. The van der Waals surface area contributed by atoms with Crippen LogP contribution in [-0.4, -0.2) is 27.4 Å². The van der Waals surface area contributed by atoms with Gasteiger partial charge in [0.05, 0.1) is 27.4 Å². The summed E-state index contributed by atoms with van der Waals surface area (Å²) >= 11 is 0. The van der Waals surface area contributed by atoms with E-state index in [0.717, 1.165) is 80.0 Å². The molecule has 2 atom stereocenters. The van der Waals surface area contributed by atoms with E-state index in [9.17, 15) is 0 Å². The normalized spacial score (nSPS) is 17.2. The molecule has 332 valence electrons. The number of benzene rings is 6.